The molecule has 0 aliphatic carbocycles. The molecule has 76 valence electrons. The highest BCUT2D eigenvalue weighted by Crippen LogP contribution is 2.15. The van der Waals surface area contributed by atoms with Crippen molar-refractivity contribution in [2.45, 2.75) is 0 Å². The summed E-state index contributed by atoms with van der Waals surface area (Å²) in [4.78, 5) is 11.2. The van der Waals surface area contributed by atoms with Crippen LogP contribution in [0.1, 0.15) is 0 Å². The number of carbonyl (C=O) groups is 1. The fourth-order valence-corrected chi connectivity index (χ4v) is 1.28. The molecule has 0 heterocycles. The Balaban J connectivity index is 2.47. The summed E-state index contributed by atoms with van der Waals surface area (Å²) in [6, 6.07) is 7.06. The first-order valence-corrected chi connectivity index (χ1v) is 4.81. The molecule has 0 saturated carbocycles. The van der Waals surface area contributed by atoms with E-state index in [1.807, 2.05) is 18.2 Å². The molecule has 0 spiro atoms. The zero-order valence-corrected chi connectivity index (χ0v) is 9.30. The number of hydrogen-bond acceptors (Lipinski definition) is 2. The third-order valence-electron chi connectivity index (χ3n) is 1.46. The van der Waals surface area contributed by atoms with Crippen LogP contribution in [0.25, 0.3) is 0 Å². The van der Waals surface area contributed by atoms with Gasteiger partial charge in [0.05, 0.1) is 0 Å². The lowest BCUT2D eigenvalue weighted by atomic mass is 10.3. The lowest BCUT2D eigenvalue weighted by Gasteiger charge is -2.06. The largest absolute Gasteiger partial charge is 0.364 e. The van der Waals surface area contributed by atoms with Crippen molar-refractivity contribution in [1.82, 2.24) is 5.32 Å². The van der Waals surface area contributed by atoms with Crippen LogP contribution >= 0.6 is 15.9 Å². The maximum Gasteiger partial charge on any atom is 0.321 e. The van der Waals surface area contributed by atoms with E-state index in [0.717, 1.165) is 10.2 Å². The van der Waals surface area contributed by atoms with Crippen LogP contribution in [-0.2, 0) is 4.74 Å². The molecule has 0 aliphatic heterocycles. The molecule has 0 fully saturated rings. The fraction of sp³-hybridized carbons (Fsp3) is 0.222. The number of carbonyl (C=O) groups excluding carboxylic acids is 1. The van der Waals surface area contributed by atoms with E-state index >= 15 is 0 Å². The van der Waals surface area contributed by atoms with Gasteiger partial charge in [0, 0.05) is 17.3 Å². The molecule has 1 aromatic rings. The van der Waals surface area contributed by atoms with Gasteiger partial charge < -0.3 is 15.4 Å². The Morgan fingerprint density at radius 1 is 1.57 bits per heavy atom. The standard InChI is InChI=1S/C9H11BrN2O2/c1-14-6-11-9(13)12-8-4-2-3-7(10)5-8/h2-5H,6H2,1H3,(H2,11,12,13). The van der Waals surface area contributed by atoms with Gasteiger partial charge in [0.2, 0.25) is 0 Å². The van der Waals surface area contributed by atoms with Gasteiger partial charge in [0.25, 0.3) is 0 Å². The Hall–Kier alpha value is -1.07. The Morgan fingerprint density at radius 3 is 3.00 bits per heavy atom. The maximum absolute atomic E-state index is 11.2. The Bertz CT molecular complexity index is 317. The Morgan fingerprint density at radius 2 is 2.36 bits per heavy atom. The van der Waals surface area contributed by atoms with Crippen molar-refractivity contribution >= 4 is 27.6 Å². The van der Waals surface area contributed by atoms with E-state index in [-0.39, 0.29) is 12.8 Å². The Labute approximate surface area is 90.8 Å². The lowest BCUT2D eigenvalue weighted by molar-refractivity contribution is 0.177. The predicted octanol–water partition coefficient (Wildman–Crippen LogP) is 2.17. The van der Waals surface area contributed by atoms with E-state index in [1.165, 1.54) is 7.11 Å². The van der Waals surface area contributed by atoms with E-state index < -0.39 is 0 Å². The molecule has 0 saturated heterocycles. The van der Waals surface area contributed by atoms with Crippen molar-refractivity contribution in [1.29, 1.82) is 0 Å². The number of nitrogens with one attached hydrogen (secondary N) is 2. The van der Waals surface area contributed by atoms with Gasteiger partial charge in [-0.05, 0) is 18.2 Å². The number of rotatable bonds is 3. The van der Waals surface area contributed by atoms with Gasteiger partial charge in [-0.2, -0.15) is 0 Å². The topological polar surface area (TPSA) is 50.4 Å². The highest BCUT2D eigenvalue weighted by molar-refractivity contribution is 9.10. The normalized spacial score (nSPS) is 9.57. The predicted molar refractivity (Wildman–Crippen MR) is 58.2 cm³/mol. The van der Waals surface area contributed by atoms with Crippen LogP contribution < -0.4 is 10.6 Å². The van der Waals surface area contributed by atoms with Gasteiger partial charge in [0.15, 0.2) is 0 Å². The van der Waals surface area contributed by atoms with Gasteiger partial charge in [-0.3, -0.25) is 0 Å². The van der Waals surface area contributed by atoms with E-state index in [1.54, 1.807) is 6.07 Å². The Kier molecular flexibility index (Phi) is 4.42. The number of ether oxygens (including phenoxy) is 1. The van der Waals surface area contributed by atoms with Crippen LogP contribution in [0.15, 0.2) is 28.7 Å². The molecule has 0 atom stereocenters. The molecule has 5 heteroatoms. The highest BCUT2D eigenvalue weighted by atomic mass is 79.9. The molecule has 0 radical (unpaired) electrons. The first-order valence-electron chi connectivity index (χ1n) is 4.01. The second-order valence-electron chi connectivity index (χ2n) is 2.57. The van der Waals surface area contributed by atoms with Crippen LogP contribution in [-0.4, -0.2) is 19.9 Å². The summed E-state index contributed by atoms with van der Waals surface area (Å²) >= 11 is 3.31. The number of methoxy groups -OCH3 is 1. The summed E-state index contributed by atoms with van der Waals surface area (Å²) in [5.74, 6) is 0. The van der Waals surface area contributed by atoms with Crippen LogP contribution in [0.3, 0.4) is 0 Å². The molecule has 1 aromatic carbocycles. The van der Waals surface area contributed by atoms with Gasteiger partial charge in [-0.25, -0.2) is 4.79 Å². The monoisotopic (exact) mass is 258 g/mol. The van der Waals surface area contributed by atoms with Gasteiger partial charge in [-0.1, -0.05) is 22.0 Å². The maximum atomic E-state index is 11.2. The van der Waals surface area contributed by atoms with Gasteiger partial charge in [0.1, 0.15) is 6.73 Å². The molecule has 0 unspecified atom stereocenters. The van der Waals surface area contributed by atoms with E-state index in [2.05, 4.69) is 26.6 Å². The number of benzene rings is 1. The SMILES string of the molecule is COCNC(=O)Nc1cccc(Br)c1. The highest BCUT2D eigenvalue weighted by Gasteiger charge is 1.99. The first kappa shape index (κ1) is 11.0. The van der Waals surface area contributed by atoms with Gasteiger partial charge >= 0.3 is 6.03 Å². The number of halogens is 1. The quantitative estimate of drug-likeness (QED) is 0.817. The van der Waals surface area contributed by atoms with E-state index in [4.69, 9.17) is 4.74 Å². The van der Waals surface area contributed by atoms with E-state index in [0.29, 0.717) is 0 Å². The van der Waals surface area contributed by atoms with Crippen LogP contribution in [0.5, 0.6) is 0 Å². The van der Waals surface area contributed by atoms with Crippen molar-refractivity contribution in [3.8, 4) is 0 Å². The second-order valence-corrected chi connectivity index (χ2v) is 3.49. The third-order valence-corrected chi connectivity index (χ3v) is 1.95. The lowest BCUT2D eigenvalue weighted by Crippen LogP contribution is -2.30. The molecular formula is C9H11BrN2O2. The summed E-state index contributed by atoms with van der Waals surface area (Å²) in [5, 5.41) is 5.17. The van der Waals surface area contributed by atoms with Crippen molar-refractivity contribution in [3.63, 3.8) is 0 Å². The zero-order chi connectivity index (χ0) is 10.4. The second kappa shape index (κ2) is 5.62. The zero-order valence-electron chi connectivity index (χ0n) is 7.71. The van der Waals surface area contributed by atoms with E-state index in [9.17, 15) is 4.79 Å². The molecule has 14 heavy (non-hydrogen) atoms. The number of urea groups is 1. The van der Waals surface area contributed by atoms with Crippen LogP contribution in [0, 0.1) is 0 Å². The minimum absolute atomic E-state index is 0.194. The minimum atomic E-state index is -0.287. The molecule has 2 amide bonds. The summed E-state index contributed by atoms with van der Waals surface area (Å²) in [6.07, 6.45) is 0. The number of amides is 2. The molecule has 0 aromatic heterocycles. The summed E-state index contributed by atoms with van der Waals surface area (Å²) in [5.41, 5.74) is 0.730. The smallest absolute Gasteiger partial charge is 0.321 e. The molecule has 0 aliphatic rings. The molecule has 2 N–H and O–H groups in total. The average molecular weight is 259 g/mol. The fourth-order valence-electron chi connectivity index (χ4n) is 0.879. The first-order chi connectivity index (χ1) is 6.72. The molecular weight excluding hydrogens is 248 g/mol. The molecule has 4 nitrogen and oxygen atoms in total. The molecule has 1 rings (SSSR count). The number of hydrogen-bond donors (Lipinski definition) is 2. The van der Waals surface area contributed by atoms with Crippen molar-refractivity contribution in [2.75, 3.05) is 19.2 Å². The summed E-state index contributed by atoms with van der Waals surface area (Å²) in [7, 11) is 1.51. The van der Waals surface area contributed by atoms with Crippen molar-refractivity contribution < 1.29 is 9.53 Å². The van der Waals surface area contributed by atoms with Crippen LogP contribution in [0.2, 0.25) is 0 Å². The van der Waals surface area contributed by atoms with Crippen LogP contribution in [0.4, 0.5) is 10.5 Å². The number of anilines is 1. The van der Waals surface area contributed by atoms with Crippen molar-refractivity contribution in [3.05, 3.63) is 28.7 Å². The summed E-state index contributed by atoms with van der Waals surface area (Å²) in [6.45, 7) is 0.194. The molecule has 0 bridgehead atoms. The minimum Gasteiger partial charge on any atom is -0.364 e. The van der Waals surface area contributed by atoms with Gasteiger partial charge in [-0.15, -0.1) is 0 Å². The van der Waals surface area contributed by atoms with Crippen molar-refractivity contribution in [2.24, 2.45) is 0 Å². The summed E-state index contributed by atoms with van der Waals surface area (Å²) < 4.78 is 5.61. The third kappa shape index (κ3) is 3.76. The average Bonchev–Trinajstić information content (AvgIpc) is 2.15.